The molecule has 27 heavy (non-hydrogen) atoms. The number of alkyl halides is 3. The molecule has 0 atom stereocenters. The number of carbonyl (C=O) groups excluding carboxylic acids is 1. The molecule has 0 aliphatic heterocycles. The van der Waals surface area contributed by atoms with Gasteiger partial charge in [0.05, 0.1) is 11.1 Å². The lowest BCUT2D eigenvalue weighted by molar-refractivity contribution is -0.137. The Morgan fingerprint density at radius 3 is 2.33 bits per heavy atom. The Morgan fingerprint density at radius 2 is 1.70 bits per heavy atom. The van der Waals surface area contributed by atoms with E-state index in [9.17, 15) is 18.0 Å². The zero-order valence-corrected chi connectivity index (χ0v) is 15.3. The Morgan fingerprint density at radius 1 is 1.04 bits per heavy atom. The van der Waals surface area contributed by atoms with Crippen molar-refractivity contribution in [1.82, 2.24) is 0 Å². The van der Waals surface area contributed by atoms with Gasteiger partial charge < -0.3 is 9.73 Å². The molecular weight excluding hydrogens is 402 g/mol. The quantitative estimate of drug-likeness (QED) is 0.510. The van der Waals surface area contributed by atoms with Gasteiger partial charge in [0, 0.05) is 21.3 Å². The maximum Gasteiger partial charge on any atom is 0.416 e. The van der Waals surface area contributed by atoms with Crippen molar-refractivity contribution in [2.24, 2.45) is 0 Å². The number of furan rings is 1. The fourth-order valence-corrected chi connectivity index (χ4v) is 3.04. The standard InChI is InChI=1S/C19H12Cl2F3NO2/c1-10-16(9-17(27-10)11-5-13(20)8-14(21)6-11)18(26)25-15-4-2-3-12(7-15)19(22,23)24/h2-9H,1H3,(H,25,26). The van der Waals surface area contributed by atoms with Crippen LogP contribution in [0.5, 0.6) is 0 Å². The lowest BCUT2D eigenvalue weighted by atomic mass is 10.1. The highest BCUT2D eigenvalue weighted by molar-refractivity contribution is 6.35. The van der Waals surface area contributed by atoms with Gasteiger partial charge >= 0.3 is 6.18 Å². The molecule has 0 radical (unpaired) electrons. The summed E-state index contributed by atoms with van der Waals surface area (Å²) >= 11 is 11.9. The second-order valence-corrected chi connectivity index (χ2v) is 6.64. The molecule has 0 saturated carbocycles. The van der Waals surface area contributed by atoms with E-state index in [2.05, 4.69) is 5.32 Å². The molecule has 2 aromatic carbocycles. The summed E-state index contributed by atoms with van der Waals surface area (Å²) in [4.78, 5) is 12.5. The Labute approximate surface area is 162 Å². The summed E-state index contributed by atoms with van der Waals surface area (Å²) in [6.07, 6.45) is -4.49. The highest BCUT2D eigenvalue weighted by Gasteiger charge is 2.30. The average Bonchev–Trinajstić information content (AvgIpc) is 2.95. The fourth-order valence-electron chi connectivity index (χ4n) is 2.52. The van der Waals surface area contributed by atoms with Gasteiger partial charge in [0.1, 0.15) is 11.5 Å². The number of anilines is 1. The number of aryl methyl sites for hydroxylation is 1. The summed E-state index contributed by atoms with van der Waals surface area (Å²) in [5, 5.41) is 3.26. The first-order valence-electron chi connectivity index (χ1n) is 7.69. The van der Waals surface area contributed by atoms with Crippen LogP contribution in [0.4, 0.5) is 18.9 Å². The minimum atomic E-state index is -4.49. The first-order valence-corrected chi connectivity index (χ1v) is 8.44. The number of amides is 1. The highest BCUT2D eigenvalue weighted by atomic mass is 35.5. The maximum absolute atomic E-state index is 12.8. The van der Waals surface area contributed by atoms with Crippen LogP contribution in [0.15, 0.2) is 52.9 Å². The Bertz CT molecular complexity index is 992. The van der Waals surface area contributed by atoms with Crippen molar-refractivity contribution < 1.29 is 22.4 Å². The predicted molar refractivity (Wildman–Crippen MR) is 98.3 cm³/mol. The SMILES string of the molecule is Cc1oc(-c2cc(Cl)cc(Cl)c2)cc1C(=O)Nc1cccc(C(F)(F)F)c1. The van der Waals surface area contributed by atoms with Crippen LogP contribution in [0, 0.1) is 6.92 Å². The fraction of sp³-hybridized carbons (Fsp3) is 0.105. The number of carbonyl (C=O) groups is 1. The molecule has 3 aromatic rings. The zero-order chi connectivity index (χ0) is 19.8. The predicted octanol–water partition coefficient (Wildman–Crippen LogP) is 6.83. The molecular formula is C19H12Cl2F3NO2. The molecule has 1 heterocycles. The van der Waals surface area contributed by atoms with Crippen molar-refractivity contribution in [3.05, 3.63) is 75.5 Å². The number of benzene rings is 2. The molecule has 3 rings (SSSR count). The summed E-state index contributed by atoms with van der Waals surface area (Å²) < 4.78 is 44.0. The van der Waals surface area contributed by atoms with Crippen LogP contribution in [-0.4, -0.2) is 5.91 Å². The molecule has 1 aromatic heterocycles. The second-order valence-electron chi connectivity index (χ2n) is 5.77. The van der Waals surface area contributed by atoms with Gasteiger partial charge in [-0.05, 0) is 49.4 Å². The van der Waals surface area contributed by atoms with E-state index in [-0.39, 0.29) is 11.3 Å². The first-order chi connectivity index (χ1) is 12.6. The minimum absolute atomic E-state index is 0.0303. The number of hydrogen-bond acceptors (Lipinski definition) is 2. The van der Waals surface area contributed by atoms with Gasteiger partial charge in [-0.2, -0.15) is 13.2 Å². The monoisotopic (exact) mass is 413 g/mol. The zero-order valence-electron chi connectivity index (χ0n) is 13.8. The molecule has 0 spiro atoms. The van der Waals surface area contributed by atoms with E-state index >= 15 is 0 Å². The van der Waals surface area contributed by atoms with E-state index < -0.39 is 17.6 Å². The van der Waals surface area contributed by atoms with Crippen LogP contribution in [-0.2, 0) is 6.18 Å². The van der Waals surface area contributed by atoms with Crippen LogP contribution in [0.1, 0.15) is 21.7 Å². The van der Waals surface area contributed by atoms with Crippen molar-refractivity contribution in [3.63, 3.8) is 0 Å². The number of nitrogens with one attached hydrogen (secondary N) is 1. The molecule has 0 aliphatic carbocycles. The molecule has 0 bridgehead atoms. The van der Waals surface area contributed by atoms with Crippen molar-refractivity contribution in [3.8, 4) is 11.3 Å². The van der Waals surface area contributed by atoms with E-state index in [0.29, 0.717) is 27.1 Å². The van der Waals surface area contributed by atoms with Gasteiger partial charge in [0.2, 0.25) is 0 Å². The van der Waals surface area contributed by atoms with Crippen LogP contribution in [0.2, 0.25) is 10.0 Å². The number of halogens is 5. The van der Waals surface area contributed by atoms with Gasteiger partial charge in [-0.1, -0.05) is 29.3 Å². The second kappa shape index (κ2) is 7.29. The smallest absolute Gasteiger partial charge is 0.416 e. The van der Waals surface area contributed by atoms with Gasteiger partial charge in [0.25, 0.3) is 5.91 Å². The third kappa shape index (κ3) is 4.46. The lowest BCUT2D eigenvalue weighted by Crippen LogP contribution is -2.13. The average molecular weight is 414 g/mol. The summed E-state index contributed by atoms with van der Waals surface area (Å²) in [5.41, 5.74) is -0.0477. The van der Waals surface area contributed by atoms with E-state index in [1.165, 1.54) is 18.2 Å². The maximum atomic E-state index is 12.8. The number of rotatable bonds is 3. The normalized spacial score (nSPS) is 11.5. The van der Waals surface area contributed by atoms with Crippen molar-refractivity contribution in [2.45, 2.75) is 13.1 Å². The van der Waals surface area contributed by atoms with E-state index in [1.807, 2.05) is 0 Å². The molecule has 0 saturated heterocycles. The largest absolute Gasteiger partial charge is 0.461 e. The summed E-state index contributed by atoms with van der Waals surface area (Å²) in [7, 11) is 0. The van der Waals surface area contributed by atoms with Gasteiger partial charge in [0.15, 0.2) is 0 Å². The van der Waals surface area contributed by atoms with Crippen molar-refractivity contribution in [2.75, 3.05) is 5.32 Å². The topological polar surface area (TPSA) is 42.2 Å². The third-order valence-electron chi connectivity index (χ3n) is 3.76. The van der Waals surface area contributed by atoms with Gasteiger partial charge in [-0.15, -0.1) is 0 Å². The highest BCUT2D eigenvalue weighted by Crippen LogP contribution is 2.32. The molecule has 8 heteroatoms. The molecule has 1 amide bonds. The van der Waals surface area contributed by atoms with E-state index in [0.717, 1.165) is 12.1 Å². The van der Waals surface area contributed by atoms with E-state index in [4.69, 9.17) is 27.6 Å². The van der Waals surface area contributed by atoms with Crippen molar-refractivity contribution >= 4 is 34.8 Å². The summed E-state index contributed by atoms with van der Waals surface area (Å²) in [5.74, 6) is 0.0895. The van der Waals surface area contributed by atoms with Crippen molar-refractivity contribution in [1.29, 1.82) is 0 Å². The third-order valence-corrected chi connectivity index (χ3v) is 4.19. The summed E-state index contributed by atoms with van der Waals surface area (Å²) in [6.45, 7) is 1.58. The molecule has 0 aliphatic rings. The van der Waals surface area contributed by atoms with Crippen LogP contribution in [0.3, 0.4) is 0 Å². The number of hydrogen-bond donors (Lipinski definition) is 1. The molecule has 1 N–H and O–H groups in total. The Hall–Kier alpha value is -2.44. The summed E-state index contributed by atoms with van der Waals surface area (Å²) in [6, 6.07) is 10.7. The van der Waals surface area contributed by atoms with Gasteiger partial charge in [-0.25, -0.2) is 0 Å². The van der Waals surface area contributed by atoms with Crippen LogP contribution in [0.25, 0.3) is 11.3 Å². The Balaban J connectivity index is 1.87. The van der Waals surface area contributed by atoms with Gasteiger partial charge in [-0.3, -0.25) is 4.79 Å². The lowest BCUT2D eigenvalue weighted by Gasteiger charge is -2.09. The molecule has 0 unspecified atom stereocenters. The van der Waals surface area contributed by atoms with E-state index in [1.54, 1.807) is 25.1 Å². The molecule has 3 nitrogen and oxygen atoms in total. The molecule has 0 fully saturated rings. The Kier molecular flexibility index (Phi) is 5.22. The van der Waals surface area contributed by atoms with Crippen LogP contribution < -0.4 is 5.32 Å². The minimum Gasteiger partial charge on any atom is -0.461 e. The van der Waals surface area contributed by atoms with Crippen LogP contribution >= 0.6 is 23.2 Å². The molecule has 140 valence electrons. The first kappa shape index (κ1) is 19.3.